The summed E-state index contributed by atoms with van der Waals surface area (Å²) < 4.78 is 6.10. The number of benzene rings is 1. The van der Waals surface area contributed by atoms with Crippen molar-refractivity contribution in [3.8, 4) is 17.0 Å². The SMILES string of the molecule is C=CCSc1nc(-c2ccc(OC)cc2)c(N)s1. The van der Waals surface area contributed by atoms with Crippen LogP contribution in [-0.2, 0) is 0 Å². The molecule has 0 aliphatic carbocycles. The van der Waals surface area contributed by atoms with Gasteiger partial charge in [-0.2, -0.15) is 0 Å². The van der Waals surface area contributed by atoms with E-state index in [0.29, 0.717) is 0 Å². The van der Waals surface area contributed by atoms with Crippen molar-refractivity contribution in [3.63, 3.8) is 0 Å². The van der Waals surface area contributed by atoms with Crippen LogP contribution in [0.1, 0.15) is 0 Å². The van der Waals surface area contributed by atoms with E-state index in [0.717, 1.165) is 32.1 Å². The largest absolute Gasteiger partial charge is 0.497 e. The number of thiazole rings is 1. The monoisotopic (exact) mass is 278 g/mol. The number of methoxy groups -OCH3 is 1. The van der Waals surface area contributed by atoms with Gasteiger partial charge in [-0.05, 0) is 24.3 Å². The van der Waals surface area contributed by atoms with Crippen LogP contribution in [0.4, 0.5) is 5.00 Å². The molecule has 0 aliphatic heterocycles. The lowest BCUT2D eigenvalue weighted by molar-refractivity contribution is 0.415. The third-order valence-electron chi connectivity index (χ3n) is 2.32. The van der Waals surface area contributed by atoms with Gasteiger partial charge in [0.2, 0.25) is 0 Å². The van der Waals surface area contributed by atoms with Gasteiger partial charge in [-0.1, -0.05) is 29.2 Å². The number of ether oxygens (including phenoxy) is 1. The highest BCUT2D eigenvalue weighted by Gasteiger charge is 2.10. The van der Waals surface area contributed by atoms with E-state index in [9.17, 15) is 0 Å². The number of thioether (sulfide) groups is 1. The second kappa shape index (κ2) is 5.93. The molecule has 94 valence electrons. The summed E-state index contributed by atoms with van der Waals surface area (Å²) in [5.74, 6) is 1.67. The molecule has 3 nitrogen and oxygen atoms in total. The summed E-state index contributed by atoms with van der Waals surface area (Å²) in [5.41, 5.74) is 7.85. The number of nitrogen functional groups attached to an aromatic ring is 1. The van der Waals surface area contributed by atoms with Crippen molar-refractivity contribution in [2.45, 2.75) is 4.34 Å². The Kier molecular flexibility index (Phi) is 4.28. The summed E-state index contributed by atoms with van der Waals surface area (Å²) >= 11 is 3.15. The van der Waals surface area contributed by atoms with Crippen LogP contribution < -0.4 is 10.5 Å². The Morgan fingerprint density at radius 2 is 2.17 bits per heavy atom. The minimum Gasteiger partial charge on any atom is -0.497 e. The van der Waals surface area contributed by atoms with Gasteiger partial charge in [-0.15, -0.1) is 6.58 Å². The molecule has 0 spiro atoms. The fourth-order valence-corrected chi connectivity index (χ4v) is 3.17. The Balaban J connectivity index is 2.25. The molecule has 0 bridgehead atoms. The molecule has 2 aromatic rings. The molecule has 1 aromatic carbocycles. The van der Waals surface area contributed by atoms with Gasteiger partial charge >= 0.3 is 0 Å². The second-order valence-electron chi connectivity index (χ2n) is 3.52. The van der Waals surface area contributed by atoms with E-state index in [1.807, 2.05) is 30.3 Å². The van der Waals surface area contributed by atoms with E-state index in [1.165, 1.54) is 11.3 Å². The molecule has 0 amide bonds. The first-order valence-corrected chi connectivity index (χ1v) is 7.19. The fraction of sp³-hybridized carbons (Fsp3) is 0.154. The number of hydrogen-bond acceptors (Lipinski definition) is 5. The molecule has 0 fully saturated rings. The molecule has 0 unspecified atom stereocenters. The average Bonchev–Trinajstić information content (AvgIpc) is 2.78. The second-order valence-corrected chi connectivity index (χ2v) is 5.82. The summed E-state index contributed by atoms with van der Waals surface area (Å²) in [5, 5.41) is 0.742. The molecule has 0 atom stereocenters. The van der Waals surface area contributed by atoms with Crippen LogP contribution in [0.25, 0.3) is 11.3 Å². The maximum Gasteiger partial charge on any atom is 0.152 e. The average molecular weight is 278 g/mol. The van der Waals surface area contributed by atoms with E-state index in [1.54, 1.807) is 18.9 Å². The highest BCUT2D eigenvalue weighted by molar-refractivity contribution is 8.01. The Hall–Kier alpha value is -1.46. The maximum atomic E-state index is 6.00. The van der Waals surface area contributed by atoms with Crippen LogP contribution in [0.5, 0.6) is 5.75 Å². The normalized spacial score (nSPS) is 10.3. The van der Waals surface area contributed by atoms with Gasteiger partial charge in [0.1, 0.15) is 16.4 Å². The smallest absolute Gasteiger partial charge is 0.152 e. The lowest BCUT2D eigenvalue weighted by atomic mass is 10.1. The van der Waals surface area contributed by atoms with Gasteiger partial charge in [0.25, 0.3) is 0 Å². The molecule has 0 aliphatic rings. The van der Waals surface area contributed by atoms with E-state index >= 15 is 0 Å². The van der Waals surface area contributed by atoms with E-state index in [-0.39, 0.29) is 0 Å². The van der Waals surface area contributed by atoms with Crippen molar-refractivity contribution in [2.24, 2.45) is 0 Å². The summed E-state index contributed by atoms with van der Waals surface area (Å²) in [6, 6.07) is 7.74. The Morgan fingerprint density at radius 1 is 1.44 bits per heavy atom. The number of anilines is 1. The van der Waals surface area contributed by atoms with E-state index < -0.39 is 0 Å². The lowest BCUT2D eigenvalue weighted by Crippen LogP contribution is -1.87. The first-order valence-electron chi connectivity index (χ1n) is 5.39. The summed E-state index contributed by atoms with van der Waals surface area (Å²) in [4.78, 5) is 4.54. The predicted octanol–water partition coefficient (Wildman–Crippen LogP) is 3.68. The van der Waals surface area contributed by atoms with Gasteiger partial charge in [0.15, 0.2) is 4.34 Å². The molecule has 1 heterocycles. The first kappa shape index (κ1) is 13.0. The van der Waals surface area contributed by atoms with Crippen LogP contribution in [0.3, 0.4) is 0 Å². The minimum atomic E-state index is 0.742. The molecule has 0 saturated carbocycles. The van der Waals surface area contributed by atoms with Crippen molar-refractivity contribution in [3.05, 3.63) is 36.9 Å². The van der Waals surface area contributed by atoms with Gasteiger partial charge in [0.05, 0.1) is 7.11 Å². The first-order chi connectivity index (χ1) is 8.74. The molecule has 2 rings (SSSR count). The topological polar surface area (TPSA) is 48.1 Å². The zero-order chi connectivity index (χ0) is 13.0. The van der Waals surface area contributed by atoms with Crippen molar-refractivity contribution < 1.29 is 4.74 Å². The van der Waals surface area contributed by atoms with E-state index in [2.05, 4.69) is 11.6 Å². The van der Waals surface area contributed by atoms with Crippen LogP contribution in [0, 0.1) is 0 Å². The van der Waals surface area contributed by atoms with Gasteiger partial charge in [0, 0.05) is 11.3 Å². The number of nitrogens with zero attached hydrogens (tertiary/aromatic N) is 1. The highest BCUT2D eigenvalue weighted by Crippen LogP contribution is 2.35. The Bertz CT molecular complexity index is 534. The molecule has 5 heteroatoms. The standard InChI is InChI=1S/C13H14N2OS2/c1-3-8-17-13-15-11(12(14)18-13)9-4-6-10(16-2)7-5-9/h3-7H,1,8,14H2,2H3. The third kappa shape index (κ3) is 2.86. The zero-order valence-electron chi connectivity index (χ0n) is 10.1. The molecule has 18 heavy (non-hydrogen) atoms. The van der Waals surface area contributed by atoms with Gasteiger partial charge in [-0.3, -0.25) is 0 Å². The number of hydrogen-bond donors (Lipinski definition) is 1. The molecule has 0 saturated heterocycles. The van der Waals surface area contributed by atoms with Gasteiger partial charge < -0.3 is 10.5 Å². The van der Waals surface area contributed by atoms with Crippen LogP contribution in [-0.4, -0.2) is 17.8 Å². The molecule has 2 N–H and O–H groups in total. The van der Waals surface area contributed by atoms with Crippen molar-refractivity contribution in [1.29, 1.82) is 0 Å². The predicted molar refractivity (Wildman–Crippen MR) is 79.4 cm³/mol. The zero-order valence-corrected chi connectivity index (χ0v) is 11.7. The summed E-state index contributed by atoms with van der Waals surface area (Å²) in [6.07, 6.45) is 1.86. The minimum absolute atomic E-state index is 0.742. The molecule has 0 radical (unpaired) electrons. The van der Waals surface area contributed by atoms with Crippen molar-refractivity contribution in [1.82, 2.24) is 4.98 Å². The lowest BCUT2D eigenvalue weighted by Gasteiger charge is -2.01. The summed E-state index contributed by atoms with van der Waals surface area (Å²) in [7, 11) is 1.65. The van der Waals surface area contributed by atoms with E-state index in [4.69, 9.17) is 10.5 Å². The molecule has 1 aromatic heterocycles. The van der Waals surface area contributed by atoms with Crippen molar-refractivity contribution in [2.75, 3.05) is 18.6 Å². The summed E-state index contributed by atoms with van der Waals surface area (Å²) in [6.45, 7) is 3.69. The third-order valence-corrected chi connectivity index (χ3v) is 4.35. The molecular weight excluding hydrogens is 264 g/mol. The Labute approximate surface area is 115 Å². The quantitative estimate of drug-likeness (QED) is 0.669. The van der Waals surface area contributed by atoms with Crippen LogP contribution in [0.2, 0.25) is 0 Å². The number of rotatable bonds is 5. The number of aromatic nitrogens is 1. The molecular formula is C13H14N2OS2. The van der Waals surface area contributed by atoms with Crippen molar-refractivity contribution >= 4 is 28.1 Å². The maximum absolute atomic E-state index is 6.00. The number of nitrogens with two attached hydrogens (primary N) is 1. The fourth-order valence-electron chi connectivity index (χ4n) is 1.46. The Morgan fingerprint density at radius 3 is 2.78 bits per heavy atom. The van der Waals surface area contributed by atoms with Crippen LogP contribution >= 0.6 is 23.1 Å². The van der Waals surface area contributed by atoms with Crippen LogP contribution in [0.15, 0.2) is 41.3 Å². The highest BCUT2D eigenvalue weighted by atomic mass is 32.2. The van der Waals surface area contributed by atoms with Gasteiger partial charge in [-0.25, -0.2) is 4.98 Å².